The molecule has 0 aromatic heterocycles. The highest BCUT2D eigenvalue weighted by molar-refractivity contribution is 5.68. The van der Waals surface area contributed by atoms with Crippen LogP contribution in [0.2, 0.25) is 0 Å². The summed E-state index contributed by atoms with van der Waals surface area (Å²) in [5, 5.41) is 0. The number of rotatable bonds is 7. The molecule has 2 atom stereocenters. The van der Waals surface area contributed by atoms with E-state index in [4.69, 9.17) is 11.5 Å². The maximum absolute atomic E-state index is 6.62. The van der Waals surface area contributed by atoms with Crippen LogP contribution in [0.3, 0.4) is 0 Å². The number of aliphatic imine (C=N–C) groups is 1. The first-order chi connectivity index (χ1) is 12.4. The zero-order valence-electron chi connectivity index (χ0n) is 16.6. The third-order valence-electron chi connectivity index (χ3n) is 5.86. The highest BCUT2D eigenvalue weighted by Gasteiger charge is 2.27. The Morgan fingerprint density at radius 1 is 1.27 bits per heavy atom. The lowest BCUT2D eigenvalue weighted by atomic mass is 9.75. The molecule has 3 heteroatoms. The predicted octanol–water partition coefficient (Wildman–Crippen LogP) is 5.24. The van der Waals surface area contributed by atoms with Gasteiger partial charge in [-0.1, -0.05) is 37.8 Å². The summed E-state index contributed by atoms with van der Waals surface area (Å²) in [6, 6.07) is 8.87. The highest BCUT2D eigenvalue weighted by Crippen LogP contribution is 2.36. The van der Waals surface area contributed by atoms with Crippen LogP contribution < -0.4 is 11.5 Å². The van der Waals surface area contributed by atoms with Gasteiger partial charge in [0.15, 0.2) is 0 Å². The summed E-state index contributed by atoms with van der Waals surface area (Å²) in [6.45, 7) is 10.3. The number of nitrogens with zero attached hydrogens (tertiary/aromatic N) is 1. The van der Waals surface area contributed by atoms with Crippen molar-refractivity contribution in [3.63, 3.8) is 0 Å². The highest BCUT2D eigenvalue weighted by atomic mass is 14.7. The lowest BCUT2D eigenvalue weighted by molar-refractivity contribution is 0.250. The van der Waals surface area contributed by atoms with Crippen molar-refractivity contribution in [2.75, 3.05) is 0 Å². The van der Waals surface area contributed by atoms with Gasteiger partial charge in [-0.2, -0.15) is 0 Å². The average molecular weight is 354 g/mol. The number of hydrogen-bond donors (Lipinski definition) is 2. The quantitative estimate of drug-likeness (QED) is 0.659. The molecule has 26 heavy (non-hydrogen) atoms. The first kappa shape index (κ1) is 20.4. The molecule has 0 aliphatic heterocycles. The predicted molar refractivity (Wildman–Crippen MR) is 114 cm³/mol. The summed E-state index contributed by atoms with van der Waals surface area (Å²) < 4.78 is 0. The second-order valence-electron chi connectivity index (χ2n) is 7.79. The van der Waals surface area contributed by atoms with E-state index < -0.39 is 0 Å². The van der Waals surface area contributed by atoms with E-state index in [9.17, 15) is 0 Å². The van der Waals surface area contributed by atoms with Crippen LogP contribution in [0.25, 0.3) is 5.57 Å². The Bertz CT molecular complexity index is 651. The van der Waals surface area contributed by atoms with Gasteiger partial charge in [0.1, 0.15) is 0 Å². The molecule has 1 aliphatic rings. The fraction of sp³-hybridized carbons (Fsp3) is 0.522. The molecule has 4 N–H and O–H groups in total. The topological polar surface area (TPSA) is 64.4 Å². The molecule has 0 bridgehead atoms. The zero-order chi connectivity index (χ0) is 19.1. The monoisotopic (exact) mass is 353 g/mol. The van der Waals surface area contributed by atoms with Crippen LogP contribution in [0, 0.1) is 11.8 Å². The number of benzene rings is 1. The van der Waals surface area contributed by atoms with Crippen molar-refractivity contribution in [3.05, 3.63) is 53.9 Å². The van der Waals surface area contributed by atoms with Gasteiger partial charge in [0.25, 0.3) is 0 Å². The maximum atomic E-state index is 6.62. The molecule has 2 rings (SSSR count). The SMILES string of the molecule is C=C(N)C1CCC(C(N)CC(C)c2ccccc2/C(C)=C/N=C\C)CC1. The van der Waals surface area contributed by atoms with E-state index in [2.05, 4.69) is 49.7 Å². The molecule has 1 aromatic carbocycles. The summed E-state index contributed by atoms with van der Waals surface area (Å²) in [4.78, 5) is 4.28. The molecule has 0 heterocycles. The molecule has 0 amide bonds. The number of hydrogen-bond acceptors (Lipinski definition) is 3. The summed E-state index contributed by atoms with van der Waals surface area (Å²) in [5.74, 6) is 1.52. The van der Waals surface area contributed by atoms with Crippen molar-refractivity contribution in [2.45, 2.75) is 64.8 Å². The van der Waals surface area contributed by atoms with Gasteiger partial charge in [-0.25, -0.2) is 0 Å². The molecule has 0 radical (unpaired) electrons. The Hall–Kier alpha value is -1.87. The van der Waals surface area contributed by atoms with E-state index in [1.807, 2.05) is 19.3 Å². The number of nitrogens with two attached hydrogens (primary N) is 2. The van der Waals surface area contributed by atoms with E-state index >= 15 is 0 Å². The first-order valence-corrected chi connectivity index (χ1v) is 9.87. The van der Waals surface area contributed by atoms with Gasteiger partial charge in [-0.05, 0) is 80.4 Å². The molecule has 0 saturated heterocycles. The summed E-state index contributed by atoms with van der Waals surface area (Å²) >= 11 is 0. The van der Waals surface area contributed by atoms with Crippen molar-refractivity contribution < 1.29 is 0 Å². The zero-order valence-corrected chi connectivity index (χ0v) is 16.6. The molecule has 0 spiro atoms. The van der Waals surface area contributed by atoms with Crippen LogP contribution >= 0.6 is 0 Å². The van der Waals surface area contributed by atoms with Crippen LogP contribution in [-0.4, -0.2) is 12.3 Å². The average Bonchev–Trinajstić information content (AvgIpc) is 2.66. The fourth-order valence-electron chi connectivity index (χ4n) is 4.19. The molecular weight excluding hydrogens is 318 g/mol. The van der Waals surface area contributed by atoms with Crippen LogP contribution in [-0.2, 0) is 0 Å². The minimum atomic E-state index is 0.239. The Morgan fingerprint density at radius 2 is 1.92 bits per heavy atom. The second kappa shape index (κ2) is 9.72. The normalized spacial score (nSPS) is 23.8. The van der Waals surface area contributed by atoms with Crippen molar-refractivity contribution in [3.8, 4) is 0 Å². The minimum Gasteiger partial charge on any atom is -0.402 e. The van der Waals surface area contributed by atoms with E-state index in [-0.39, 0.29) is 6.04 Å². The van der Waals surface area contributed by atoms with Crippen molar-refractivity contribution in [1.82, 2.24) is 0 Å². The molecule has 2 unspecified atom stereocenters. The van der Waals surface area contributed by atoms with Gasteiger partial charge in [-0.3, -0.25) is 4.99 Å². The van der Waals surface area contributed by atoms with E-state index in [1.54, 1.807) is 0 Å². The molecule has 1 saturated carbocycles. The Kier molecular flexibility index (Phi) is 7.65. The lowest BCUT2D eigenvalue weighted by Crippen LogP contribution is -2.35. The molecule has 1 fully saturated rings. The molecular formula is C23H35N3. The van der Waals surface area contributed by atoms with Crippen molar-refractivity contribution in [2.24, 2.45) is 28.3 Å². The van der Waals surface area contributed by atoms with Crippen LogP contribution in [0.1, 0.15) is 69.9 Å². The van der Waals surface area contributed by atoms with Crippen LogP contribution in [0.4, 0.5) is 0 Å². The van der Waals surface area contributed by atoms with Gasteiger partial charge in [0.2, 0.25) is 0 Å². The summed E-state index contributed by atoms with van der Waals surface area (Å²) in [6.07, 6.45) is 9.37. The first-order valence-electron chi connectivity index (χ1n) is 9.87. The van der Waals surface area contributed by atoms with Gasteiger partial charge in [-0.15, -0.1) is 0 Å². The van der Waals surface area contributed by atoms with Gasteiger partial charge in [0, 0.05) is 24.2 Å². The summed E-state index contributed by atoms with van der Waals surface area (Å²) in [7, 11) is 0. The molecule has 3 nitrogen and oxygen atoms in total. The van der Waals surface area contributed by atoms with Crippen molar-refractivity contribution in [1.29, 1.82) is 0 Å². The minimum absolute atomic E-state index is 0.239. The van der Waals surface area contributed by atoms with Crippen LogP contribution in [0.15, 0.2) is 47.7 Å². The Balaban J connectivity index is 2.04. The molecule has 142 valence electrons. The Morgan fingerprint density at radius 3 is 2.54 bits per heavy atom. The lowest BCUT2D eigenvalue weighted by Gasteiger charge is -2.33. The third kappa shape index (κ3) is 5.31. The van der Waals surface area contributed by atoms with Gasteiger partial charge >= 0.3 is 0 Å². The van der Waals surface area contributed by atoms with E-state index in [0.29, 0.717) is 17.8 Å². The third-order valence-corrected chi connectivity index (χ3v) is 5.86. The largest absolute Gasteiger partial charge is 0.402 e. The Labute approximate surface area is 159 Å². The number of allylic oxidation sites excluding steroid dienone is 2. The molecule has 1 aromatic rings. The van der Waals surface area contributed by atoms with Gasteiger partial charge < -0.3 is 11.5 Å². The van der Waals surface area contributed by atoms with E-state index in [0.717, 1.165) is 25.0 Å². The second-order valence-corrected chi connectivity index (χ2v) is 7.79. The molecule has 1 aliphatic carbocycles. The summed E-state index contributed by atoms with van der Waals surface area (Å²) in [5.41, 5.74) is 17.2. The van der Waals surface area contributed by atoms with Crippen LogP contribution in [0.5, 0.6) is 0 Å². The smallest absolute Gasteiger partial charge is 0.0299 e. The van der Waals surface area contributed by atoms with Crippen molar-refractivity contribution >= 4 is 11.8 Å². The van der Waals surface area contributed by atoms with Gasteiger partial charge in [0.05, 0.1) is 0 Å². The maximum Gasteiger partial charge on any atom is 0.0299 e. The standard InChI is InChI=1S/C23H35N3/c1-5-26-15-17(3)22-9-7-6-8-21(22)16(2)14-23(25)20-12-10-19(11-13-20)18(4)24/h5-9,15-16,19-20,23H,4,10-14,24-25H2,1-3H3/b17-15+,26-5-. The fourth-order valence-corrected chi connectivity index (χ4v) is 4.19. The van der Waals surface area contributed by atoms with E-state index in [1.165, 1.54) is 29.5 Å².